The molecule has 0 saturated heterocycles. The fourth-order valence-corrected chi connectivity index (χ4v) is 0.846. The first-order valence-electron chi connectivity index (χ1n) is 4.71. The van der Waals surface area contributed by atoms with E-state index < -0.39 is 5.97 Å². The molecule has 0 rings (SSSR count). The van der Waals surface area contributed by atoms with Crippen LogP contribution in [0.1, 0.15) is 20.3 Å². The van der Waals surface area contributed by atoms with Crippen LogP contribution >= 0.6 is 0 Å². The van der Waals surface area contributed by atoms with E-state index in [-0.39, 0.29) is 19.0 Å². The molecule has 0 unspecified atom stereocenters. The lowest BCUT2D eigenvalue weighted by atomic mass is 10.1. The predicted molar refractivity (Wildman–Crippen MR) is 53.0 cm³/mol. The van der Waals surface area contributed by atoms with Crippen molar-refractivity contribution in [2.75, 3.05) is 19.6 Å². The molecular formula is C9H18N2O3. The quantitative estimate of drug-likeness (QED) is 0.535. The van der Waals surface area contributed by atoms with Crippen LogP contribution in [0.4, 0.5) is 0 Å². The van der Waals surface area contributed by atoms with E-state index in [9.17, 15) is 9.59 Å². The van der Waals surface area contributed by atoms with Crippen molar-refractivity contribution in [3.05, 3.63) is 0 Å². The van der Waals surface area contributed by atoms with E-state index in [0.29, 0.717) is 12.5 Å². The highest BCUT2D eigenvalue weighted by Gasteiger charge is 2.02. The second-order valence-electron chi connectivity index (χ2n) is 3.53. The molecule has 3 N–H and O–H groups in total. The van der Waals surface area contributed by atoms with Crippen LogP contribution < -0.4 is 10.6 Å². The Morgan fingerprint density at radius 1 is 1.29 bits per heavy atom. The lowest BCUT2D eigenvalue weighted by molar-refractivity contribution is -0.136. The van der Waals surface area contributed by atoms with E-state index in [1.54, 1.807) is 0 Å². The number of rotatable bonds is 7. The standard InChI is InChI=1S/C9H18N2O3/c1-7(2)3-4-11-8(12)5-10-6-9(13)14/h7,10H,3-6H2,1-2H3,(H,11,12)(H,13,14). The first-order valence-corrected chi connectivity index (χ1v) is 4.71. The molecule has 5 heteroatoms. The number of carboxylic acid groups (broad SMARTS) is 1. The number of carboxylic acids is 1. The maximum Gasteiger partial charge on any atom is 0.317 e. The van der Waals surface area contributed by atoms with Crippen molar-refractivity contribution in [3.63, 3.8) is 0 Å². The molecule has 1 amide bonds. The fraction of sp³-hybridized carbons (Fsp3) is 0.778. The van der Waals surface area contributed by atoms with Crippen molar-refractivity contribution in [3.8, 4) is 0 Å². The normalized spacial score (nSPS) is 10.2. The van der Waals surface area contributed by atoms with Crippen LogP contribution in [0.3, 0.4) is 0 Å². The summed E-state index contributed by atoms with van der Waals surface area (Å²) < 4.78 is 0. The first-order chi connectivity index (χ1) is 6.52. The molecule has 0 aliphatic carbocycles. The Morgan fingerprint density at radius 3 is 2.43 bits per heavy atom. The number of aliphatic carboxylic acids is 1. The van der Waals surface area contributed by atoms with E-state index in [2.05, 4.69) is 24.5 Å². The number of nitrogens with one attached hydrogen (secondary N) is 2. The largest absolute Gasteiger partial charge is 0.480 e. The molecule has 0 bridgehead atoms. The van der Waals surface area contributed by atoms with Gasteiger partial charge in [-0.05, 0) is 12.3 Å². The summed E-state index contributed by atoms with van der Waals surface area (Å²) in [6, 6.07) is 0. The summed E-state index contributed by atoms with van der Waals surface area (Å²) in [5.74, 6) is -0.561. The van der Waals surface area contributed by atoms with E-state index in [4.69, 9.17) is 5.11 Å². The lowest BCUT2D eigenvalue weighted by Crippen LogP contribution is -2.36. The van der Waals surface area contributed by atoms with E-state index in [1.807, 2.05) is 0 Å². The van der Waals surface area contributed by atoms with Crippen LogP contribution in [0.15, 0.2) is 0 Å². The maximum absolute atomic E-state index is 11.0. The van der Waals surface area contributed by atoms with Crippen molar-refractivity contribution in [2.45, 2.75) is 20.3 Å². The lowest BCUT2D eigenvalue weighted by Gasteiger charge is -2.06. The van der Waals surface area contributed by atoms with Gasteiger partial charge in [-0.1, -0.05) is 13.8 Å². The van der Waals surface area contributed by atoms with Crippen LogP contribution in [-0.2, 0) is 9.59 Å². The van der Waals surface area contributed by atoms with Crippen LogP contribution in [0.5, 0.6) is 0 Å². The topological polar surface area (TPSA) is 78.4 Å². The minimum atomic E-state index is -0.958. The Bertz CT molecular complexity index is 192. The van der Waals surface area contributed by atoms with Crippen molar-refractivity contribution < 1.29 is 14.7 Å². The summed E-state index contributed by atoms with van der Waals surface area (Å²) in [4.78, 5) is 21.1. The van der Waals surface area contributed by atoms with Crippen LogP contribution in [0, 0.1) is 5.92 Å². The zero-order valence-electron chi connectivity index (χ0n) is 8.67. The van der Waals surface area contributed by atoms with Gasteiger partial charge in [0.1, 0.15) is 0 Å². The van der Waals surface area contributed by atoms with Gasteiger partial charge in [-0.15, -0.1) is 0 Å². The van der Waals surface area contributed by atoms with Gasteiger partial charge in [-0.2, -0.15) is 0 Å². The minimum Gasteiger partial charge on any atom is -0.480 e. The molecule has 0 aromatic heterocycles. The molecule has 0 aromatic rings. The molecule has 0 atom stereocenters. The molecule has 82 valence electrons. The Hall–Kier alpha value is -1.10. The van der Waals surface area contributed by atoms with Gasteiger partial charge in [-0.25, -0.2) is 0 Å². The zero-order valence-corrected chi connectivity index (χ0v) is 8.67. The van der Waals surface area contributed by atoms with Gasteiger partial charge in [0.25, 0.3) is 0 Å². The third kappa shape index (κ3) is 8.99. The summed E-state index contributed by atoms with van der Waals surface area (Å²) in [6.07, 6.45) is 0.935. The first kappa shape index (κ1) is 12.9. The highest BCUT2D eigenvalue weighted by atomic mass is 16.4. The second kappa shape index (κ2) is 7.32. The molecule has 0 fully saturated rings. The van der Waals surface area contributed by atoms with E-state index >= 15 is 0 Å². The monoisotopic (exact) mass is 202 g/mol. The average Bonchev–Trinajstić information content (AvgIpc) is 2.02. The second-order valence-corrected chi connectivity index (χ2v) is 3.53. The molecule has 0 heterocycles. The zero-order chi connectivity index (χ0) is 11.0. The minimum absolute atomic E-state index is 0.0599. The summed E-state index contributed by atoms with van der Waals surface area (Å²) in [7, 11) is 0. The number of amides is 1. The van der Waals surface area contributed by atoms with Crippen molar-refractivity contribution in [1.29, 1.82) is 0 Å². The van der Waals surface area contributed by atoms with Gasteiger partial charge in [0, 0.05) is 6.54 Å². The summed E-state index contributed by atoms with van der Waals surface area (Å²) in [5.41, 5.74) is 0. The molecule has 0 aliphatic rings. The summed E-state index contributed by atoms with van der Waals surface area (Å²) in [5, 5.41) is 13.5. The average molecular weight is 202 g/mol. The summed E-state index contributed by atoms with van der Waals surface area (Å²) >= 11 is 0. The fourth-order valence-electron chi connectivity index (χ4n) is 0.846. The van der Waals surface area contributed by atoms with Crippen LogP contribution in [-0.4, -0.2) is 36.6 Å². The maximum atomic E-state index is 11.0. The SMILES string of the molecule is CC(C)CCNC(=O)CNCC(=O)O. The number of hydrogen-bond donors (Lipinski definition) is 3. The Kier molecular flexibility index (Phi) is 6.74. The molecule has 0 aromatic carbocycles. The molecule has 0 saturated carbocycles. The van der Waals surface area contributed by atoms with Gasteiger partial charge in [0.2, 0.25) is 5.91 Å². The molecule has 0 aliphatic heterocycles. The Morgan fingerprint density at radius 2 is 1.93 bits per heavy atom. The highest BCUT2D eigenvalue weighted by Crippen LogP contribution is 1.95. The van der Waals surface area contributed by atoms with Gasteiger partial charge in [-0.3, -0.25) is 14.9 Å². The smallest absolute Gasteiger partial charge is 0.317 e. The van der Waals surface area contributed by atoms with E-state index in [1.165, 1.54) is 0 Å². The van der Waals surface area contributed by atoms with E-state index in [0.717, 1.165) is 6.42 Å². The third-order valence-corrected chi connectivity index (χ3v) is 1.61. The highest BCUT2D eigenvalue weighted by molar-refractivity contribution is 5.78. The molecular weight excluding hydrogens is 184 g/mol. The van der Waals surface area contributed by atoms with Crippen LogP contribution in [0.25, 0.3) is 0 Å². The summed E-state index contributed by atoms with van der Waals surface area (Å²) in [6.45, 7) is 4.68. The van der Waals surface area contributed by atoms with Gasteiger partial charge in [0.15, 0.2) is 0 Å². The Balaban J connectivity index is 3.33. The third-order valence-electron chi connectivity index (χ3n) is 1.61. The molecule has 14 heavy (non-hydrogen) atoms. The van der Waals surface area contributed by atoms with Gasteiger partial charge < -0.3 is 10.4 Å². The van der Waals surface area contributed by atoms with Crippen LogP contribution in [0.2, 0.25) is 0 Å². The van der Waals surface area contributed by atoms with Crippen molar-refractivity contribution in [1.82, 2.24) is 10.6 Å². The Labute approximate surface area is 83.9 Å². The van der Waals surface area contributed by atoms with Gasteiger partial charge in [0.05, 0.1) is 13.1 Å². The number of carbonyl (C=O) groups is 2. The van der Waals surface area contributed by atoms with Crippen molar-refractivity contribution >= 4 is 11.9 Å². The van der Waals surface area contributed by atoms with Gasteiger partial charge >= 0.3 is 5.97 Å². The number of carbonyl (C=O) groups excluding carboxylic acids is 1. The molecule has 5 nitrogen and oxygen atoms in total. The molecule has 0 spiro atoms. The number of hydrogen-bond acceptors (Lipinski definition) is 3. The molecule has 0 radical (unpaired) electrons. The van der Waals surface area contributed by atoms with Crippen molar-refractivity contribution in [2.24, 2.45) is 5.92 Å². The predicted octanol–water partition coefficient (Wildman–Crippen LogP) is -0.177.